The van der Waals surface area contributed by atoms with Gasteiger partial charge in [-0.3, -0.25) is 0 Å². The molecule has 1 aliphatic heterocycles. The summed E-state index contributed by atoms with van der Waals surface area (Å²) in [4.78, 5) is 10.9. The largest absolute Gasteiger partial charge is 0.376 e. The van der Waals surface area contributed by atoms with E-state index in [4.69, 9.17) is 4.74 Å². The van der Waals surface area contributed by atoms with Crippen molar-refractivity contribution in [3.05, 3.63) is 11.9 Å². The molecular formula is C12H20N4O. The summed E-state index contributed by atoms with van der Waals surface area (Å²) in [6.07, 6.45) is 2.66. The Kier molecular flexibility index (Phi) is 3.78. The van der Waals surface area contributed by atoms with Crippen LogP contribution in [-0.4, -0.2) is 43.3 Å². The van der Waals surface area contributed by atoms with E-state index in [-0.39, 0.29) is 0 Å². The molecule has 1 aromatic heterocycles. The minimum atomic E-state index is 0.341. The van der Waals surface area contributed by atoms with E-state index in [9.17, 15) is 0 Å². The van der Waals surface area contributed by atoms with Gasteiger partial charge in [-0.1, -0.05) is 0 Å². The highest BCUT2D eigenvalue weighted by Crippen LogP contribution is 2.18. The van der Waals surface area contributed by atoms with Gasteiger partial charge in [0.2, 0.25) is 0 Å². The number of nitrogens with zero attached hydrogens (tertiary/aromatic N) is 3. The molecule has 1 fully saturated rings. The lowest BCUT2D eigenvalue weighted by Gasteiger charge is -2.22. The molecule has 94 valence electrons. The molecule has 0 saturated carbocycles. The second kappa shape index (κ2) is 5.31. The Morgan fingerprint density at radius 2 is 2.35 bits per heavy atom. The van der Waals surface area contributed by atoms with Gasteiger partial charge in [0, 0.05) is 33.3 Å². The number of likely N-dealkylation sites (N-methyl/N-ethyl adjacent to an activating group) is 1. The van der Waals surface area contributed by atoms with Crippen LogP contribution in [0, 0.1) is 6.92 Å². The molecule has 0 amide bonds. The number of hydrogen-bond donors (Lipinski definition) is 1. The molecule has 5 nitrogen and oxygen atoms in total. The predicted octanol–water partition coefficient (Wildman–Crippen LogP) is 1.44. The third kappa shape index (κ3) is 3.06. The lowest BCUT2D eigenvalue weighted by molar-refractivity contribution is 0.116. The van der Waals surface area contributed by atoms with Crippen molar-refractivity contribution in [1.29, 1.82) is 0 Å². The van der Waals surface area contributed by atoms with E-state index >= 15 is 0 Å². The quantitative estimate of drug-likeness (QED) is 0.857. The van der Waals surface area contributed by atoms with Gasteiger partial charge >= 0.3 is 0 Å². The lowest BCUT2D eigenvalue weighted by atomic mass is 10.2. The summed E-state index contributed by atoms with van der Waals surface area (Å²) in [5.41, 5.74) is 0. The van der Waals surface area contributed by atoms with Crippen molar-refractivity contribution in [2.75, 3.05) is 37.5 Å². The molecule has 17 heavy (non-hydrogen) atoms. The summed E-state index contributed by atoms with van der Waals surface area (Å²) in [6, 6.07) is 1.96. The fourth-order valence-electron chi connectivity index (χ4n) is 2.06. The molecule has 0 radical (unpaired) electrons. The van der Waals surface area contributed by atoms with Gasteiger partial charge < -0.3 is 15.0 Å². The Bertz CT molecular complexity index is 377. The van der Waals surface area contributed by atoms with Gasteiger partial charge in [0.15, 0.2) is 0 Å². The standard InChI is InChI=1S/C12H20N4O/c1-9-14-11(13-2)7-12(15-9)16(3)8-10-5-4-6-17-10/h7,10H,4-6,8H2,1-3H3,(H,13,14,15). The first-order chi connectivity index (χ1) is 8.19. The van der Waals surface area contributed by atoms with Crippen molar-refractivity contribution in [1.82, 2.24) is 9.97 Å². The van der Waals surface area contributed by atoms with Gasteiger partial charge in [-0.2, -0.15) is 0 Å². The van der Waals surface area contributed by atoms with E-state index in [0.717, 1.165) is 37.0 Å². The molecule has 2 heterocycles. The number of anilines is 2. The van der Waals surface area contributed by atoms with Crippen LogP contribution in [0.4, 0.5) is 11.6 Å². The number of aryl methyl sites for hydroxylation is 1. The molecule has 0 aromatic carbocycles. The summed E-state index contributed by atoms with van der Waals surface area (Å²) in [6.45, 7) is 3.69. The summed E-state index contributed by atoms with van der Waals surface area (Å²) in [5, 5.41) is 3.05. The Hall–Kier alpha value is -1.36. The third-order valence-corrected chi connectivity index (χ3v) is 2.97. The van der Waals surface area contributed by atoms with E-state index in [1.54, 1.807) is 0 Å². The Morgan fingerprint density at radius 1 is 1.53 bits per heavy atom. The molecule has 0 spiro atoms. The number of rotatable bonds is 4. The minimum absolute atomic E-state index is 0.341. The molecule has 1 aromatic rings. The van der Waals surface area contributed by atoms with Crippen LogP contribution in [0.15, 0.2) is 6.07 Å². The van der Waals surface area contributed by atoms with E-state index in [0.29, 0.717) is 6.10 Å². The van der Waals surface area contributed by atoms with Crippen molar-refractivity contribution < 1.29 is 4.74 Å². The molecular weight excluding hydrogens is 216 g/mol. The predicted molar refractivity (Wildman–Crippen MR) is 68.6 cm³/mol. The van der Waals surface area contributed by atoms with Crippen molar-refractivity contribution in [3.63, 3.8) is 0 Å². The first-order valence-corrected chi connectivity index (χ1v) is 6.05. The first kappa shape index (κ1) is 12.1. The van der Waals surface area contributed by atoms with Gasteiger partial charge in [0.1, 0.15) is 17.5 Å². The molecule has 1 N–H and O–H groups in total. The van der Waals surface area contributed by atoms with Crippen LogP contribution in [0.1, 0.15) is 18.7 Å². The second-order valence-electron chi connectivity index (χ2n) is 4.42. The second-order valence-corrected chi connectivity index (χ2v) is 4.42. The normalized spacial score (nSPS) is 19.4. The van der Waals surface area contributed by atoms with Gasteiger partial charge in [0.25, 0.3) is 0 Å². The topological polar surface area (TPSA) is 50.3 Å². The van der Waals surface area contributed by atoms with Crippen LogP contribution in [0.3, 0.4) is 0 Å². The minimum Gasteiger partial charge on any atom is -0.376 e. The van der Waals surface area contributed by atoms with Crippen LogP contribution in [0.5, 0.6) is 0 Å². The Labute approximate surface area is 102 Å². The van der Waals surface area contributed by atoms with Crippen molar-refractivity contribution in [2.24, 2.45) is 0 Å². The summed E-state index contributed by atoms with van der Waals surface area (Å²) < 4.78 is 5.63. The number of aromatic nitrogens is 2. The van der Waals surface area contributed by atoms with Crippen molar-refractivity contribution in [2.45, 2.75) is 25.9 Å². The summed E-state index contributed by atoms with van der Waals surface area (Å²) >= 11 is 0. The molecule has 5 heteroatoms. The van der Waals surface area contributed by atoms with Crippen LogP contribution >= 0.6 is 0 Å². The maximum absolute atomic E-state index is 5.63. The van der Waals surface area contributed by atoms with Crippen LogP contribution in [-0.2, 0) is 4.74 Å². The van der Waals surface area contributed by atoms with E-state index in [1.165, 1.54) is 6.42 Å². The third-order valence-electron chi connectivity index (χ3n) is 2.97. The van der Waals surface area contributed by atoms with Crippen LogP contribution < -0.4 is 10.2 Å². The fraction of sp³-hybridized carbons (Fsp3) is 0.667. The fourth-order valence-corrected chi connectivity index (χ4v) is 2.06. The van der Waals surface area contributed by atoms with E-state index < -0.39 is 0 Å². The zero-order valence-corrected chi connectivity index (χ0v) is 10.7. The number of hydrogen-bond acceptors (Lipinski definition) is 5. The van der Waals surface area contributed by atoms with Gasteiger partial charge in [-0.05, 0) is 19.8 Å². The number of nitrogens with one attached hydrogen (secondary N) is 1. The summed E-state index contributed by atoms with van der Waals surface area (Å²) in [7, 11) is 3.91. The van der Waals surface area contributed by atoms with E-state index in [1.807, 2.05) is 27.1 Å². The lowest BCUT2D eigenvalue weighted by Crippen LogP contribution is -2.29. The molecule has 1 saturated heterocycles. The molecule has 1 atom stereocenters. The number of ether oxygens (including phenoxy) is 1. The Balaban J connectivity index is 2.06. The van der Waals surface area contributed by atoms with Gasteiger partial charge in [0.05, 0.1) is 6.10 Å². The monoisotopic (exact) mass is 236 g/mol. The zero-order valence-electron chi connectivity index (χ0n) is 10.7. The SMILES string of the molecule is CNc1cc(N(C)CC2CCCO2)nc(C)n1. The highest BCUT2D eigenvalue weighted by molar-refractivity contribution is 5.48. The average Bonchev–Trinajstić information content (AvgIpc) is 2.81. The zero-order chi connectivity index (χ0) is 12.3. The molecule has 0 aliphatic carbocycles. The Morgan fingerprint density at radius 3 is 3.00 bits per heavy atom. The molecule has 0 bridgehead atoms. The van der Waals surface area contributed by atoms with Crippen molar-refractivity contribution in [3.8, 4) is 0 Å². The molecule has 2 rings (SSSR count). The van der Waals surface area contributed by atoms with Crippen LogP contribution in [0.25, 0.3) is 0 Å². The summed E-state index contributed by atoms with van der Waals surface area (Å²) in [5.74, 6) is 2.58. The smallest absolute Gasteiger partial charge is 0.134 e. The van der Waals surface area contributed by atoms with Gasteiger partial charge in [-0.25, -0.2) is 9.97 Å². The molecule has 1 aliphatic rings. The van der Waals surface area contributed by atoms with Crippen LogP contribution in [0.2, 0.25) is 0 Å². The first-order valence-electron chi connectivity index (χ1n) is 6.05. The van der Waals surface area contributed by atoms with Gasteiger partial charge in [-0.15, -0.1) is 0 Å². The average molecular weight is 236 g/mol. The highest BCUT2D eigenvalue weighted by atomic mass is 16.5. The van der Waals surface area contributed by atoms with E-state index in [2.05, 4.69) is 20.2 Å². The highest BCUT2D eigenvalue weighted by Gasteiger charge is 2.18. The maximum Gasteiger partial charge on any atom is 0.134 e. The molecule has 1 unspecified atom stereocenters. The maximum atomic E-state index is 5.63. The van der Waals surface area contributed by atoms with Crippen molar-refractivity contribution >= 4 is 11.6 Å².